The normalized spacial score (nSPS) is 12.4. The zero-order valence-corrected chi connectivity index (χ0v) is 22.6. The molecule has 0 spiro atoms. The van der Waals surface area contributed by atoms with Gasteiger partial charge in [0, 0.05) is 19.9 Å². The van der Waals surface area contributed by atoms with Gasteiger partial charge in [-0.1, -0.05) is 12.1 Å². The lowest BCUT2D eigenvalue weighted by atomic mass is 10.0. The molecule has 3 atom stereocenters. The second-order valence-corrected chi connectivity index (χ2v) is 8.84. The number of ether oxygens (including phenoxy) is 1. The van der Waals surface area contributed by atoms with Gasteiger partial charge in [-0.05, 0) is 30.5 Å². The fourth-order valence-corrected chi connectivity index (χ4v) is 3.48. The largest absolute Gasteiger partial charge is 0.481 e. The molecule has 1 aromatic carbocycles. The molecular formula is C24H34N8O10. The van der Waals surface area contributed by atoms with E-state index in [0.717, 1.165) is 0 Å². The minimum atomic E-state index is -1.69. The summed E-state index contributed by atoms with van der Waals surface area (Å²) in [6, 6.07) is 1.30. The quantitative estimate of drug-likeness (QED) is 0.0493. The van der Waals surface area contributed by atoms with Crippen molar-refractivity contribution >= 4 is 47.6 Å². The third-order valence-electron chi connectivity index (χ3n) is 5.33. The van der Waals surface area contributed by atoms with Crippen molar-refractivity contribution in [3.8, 4) is 5.75 Å². The van der Waals surface area contributed by atoms with Crippen LogP contribution in [-0.4, -0.2) is 89.0 Å². The number of hydrogen-bond acceptors (Lipinski definition) is 9. The summed E-state index contributed by atoms with van der Waals surface area (Å²) in [6.07, 6.45) is -1.71. The number of nitrogens with two attached hydrogens (primary N) is 2. The molecule has 0 bridgehead atoms. The first-order chi connectivity index (χ1) is 19.7. The smallest absolute Gasteiger partial charge is 0.409 e. The predicted octanol–water partition coefficient (Wildman–Crippen LogP) is -2.90. The SMILES string of the molecule is CC(=O)N[C@@H](CCCNC(=N)N)C(=O)NCC(=O)N[C@@H](CC(=O)O)C(=O)N[C@@H](Cc1ccc(OC(N)=O)cc1)C(=O)O. The van der Waals surface area contributed by atoms with Gasteiger partial charge in [-0.3, -0.25) is 29.4 Å². The van der Waals surface area contributed by atoms with E-state index >= 15 is 0 Å². The van der Waals surface area contributed by atoms with Crippen molar-refractivity contribution in [2.45, 2.75) is 50.7 Å². The Labute approximate surface area is 239 Å². The van der Waals surface area contributed by atoms with E-state index < -0.39 is 72.8 Å². The molecule has 0 heterocycles. The Morgan fingerprint density at radius 1 is 0.881 bits per heavy atom. The van der Waals surface area contributed by atoms with E-state index in [9.17, 15) is 43.8 Å². The molecule has 5 amide bonds. The molecule has 0 aliphatic rings. The lowest BCUT2D eigenvalue weighted by molar-refractivity contribution is -0.143. The molecule has 1 aromatic rings. The summed E-state index contributed by atoms with van der Waals surface area (Å²) in [7, 11) is 0. The Bertz CT molecular complexity index is 1170. The third kappa shape index (κ3) is 14.1. The van der Waals surface area contributed by atoms with Crippen molar-refractivity contribution in [2.75, 3.05) is 13.1 Å². The van der Waals surface area contributed by atoms with Crippen LogP contribution in [0.5, 0.6) is 5.75 Å². The van der Waals surface area contributed by atoms with Crippen LogP contribution in [0.15, 0.2) is 24.3 Å². The maximum atomic E-state index is 12.8. The van der Waals surface area contributed by atoms with Gasteiger partial charge < -0.3 is 53.0 Å². The van der Waals surface area contributed by atoms with Crippen molar-refractivity contribution in [3.63, 3.8) is 0 Å². The third-order valence-corrected chi connectivity index (χ3v) is 5.33. The molecule has 1 rings (SSSR count). The summed E-state index contributed by atoms with van der Waals surface area (Å²) in [6.45, 7) is 0.747. The minimum absolute atomic E-state index is 0.104. The number of guanidine groups is 1. The van der Waals surface area contributed by atoms with Gasteiger partial charge in [0.1, 0.15) is 23.9 Å². The number of benzene rings is 1. The Morgan fingerprint density at radius 3 is 2.05 bits per heavy atom. The van der Waals surface area contributed by atoms with Crippen LogP contribution in [0.25, 0.3) is 0 Å². The van der Waals surface area contributed by atoms with Crippen molar-refractivity contribution in [1.29, 1.82) is 5.41 Å². The molecule has 18 nitrogen and oxygen atoms in total. The monoisotopic (exact) mass is 594 g/mol. The second kappa shape index (κ2) is 17.3. The zero-order valence-electron chi connectivity index (χ0n) is 22.6. The second-order valence-electron chi connectivity index (χ2n) is 8.84. The first kappa shape index (κ1) is 34.6. The highest BCUT2D eigenvalue weighted by molar-refractivity contribution is 5.95. The minimum Gasteiger partial charge on any atom is -0.481 e. The highest BCUT2D eigenvalue weighted by Crippen LogP contribution is 2.14. The van der Waals surface area contributed by atoms with Gasteiger partial charge in [-0.25, -0.2) is 9.59 Å². The molecule has 0 radical (unpaired) electrons. The van der Waals surface area contributed by atoms with Gasteiger partial charge in [-0.2, -0.15) is 0 Å². The van der Waals surface area contributed by atoms with E-state index in [1.54, 1.807) is 0 Å². The molecule has 230 valence electrons. The van der Waals surface area contributed by atoms with Crippen LogP contribution in [0.2, 0.25) is 0 Å². The summed E-state index contributed by atoms with van der Waals surface area (Å²) in [5, 5.41) is 37.4. The number of amides is 5. The van der Waals surface area contributed by atoms with Gasteiger partial charge in [0.2, 0.25) is 23.6 Å². The van der Waals surface area contributed by atoms with E-state index in [-0.39, 0.29) is 31.1 Å². The molecule has 0 aromatic heterocycles. The standard InChI is InChI=1S/C24H34N8O10/c1-12(33)30-15(3-2-8-28-23(25)26)20(37)29-11-18(34)31-16(10-19(35)36)21(38)32-17(22(39)40)9-13-4-6-14(7-5-13)42-24(27)41/h4-7,15-17H,2-3,8-11H2,1H3,(H2,27,41)(H,29,37)(H,30,33)(H,31,34)(H,32,38)(H,35,36)(H,39,40)(H4,25,26,28)/t15-,16-,17-/m0/s1. The highest BCUT2D eigenvalue weighted by Gasteiger charge is 2.29. The van der Waals surface area contributed by atoms with Gasteiger partial charge >= 0.3 is 18.0 Å². The van der Waals surface area contributed by atoms with Crippen LogP contribution >= 0.6 is 0 Å². The number of hydrogen-bond donors (Lipinski definition) is 10. The molecule has 0 aliphatic carbocycles. The number of nitrogens with one attached hydrogen (secondary N) is 6. The maximum absolute atomic E-state index is 12.8. The van der Waals surface area contributed by atoms with Crippen molar-refractivity contribution in [1.82, 2.24) is 26.6 Å². The highest BCUT2D eigenvalue weighted by atomic mass is 16.5. The average molecular weight is 595 g/mol. The summed E-state index contributed by atoms with van der Waals surface area (Å²) < 4.78 is 4.68. The van der Waals surface area contributed by atoms with E-state index in [2.05, 4.69) is 31.3 Å². The number of aliphatic carboxylic acids is 2. The van der Waals surface area contributed by atoms with E-state index in [1.807, 2.05) is 0 Å². The number of primary amides is 1. The Morgan fingerprint density at radius 2 is 1.52 bits per heavy atom. The average Bonchev–Trinajstić information content (AvgIpc) is 2.88. The number of carbonyl (C=O) groups is 7. The van der Waals surface area contributed by atoms with Crippen LogP contribution in [-0.2, 0) is 35.2 Å². The van der Waals surface area contributed by atoms with E-state index in [1.165, 1.54) is 31.2 Å². The summed E-state index contributed by atoms with van der Waals surface area (Å²) in [4.78, 5) is 83.1. The Balaban J connectivity index is 2.81. The molecule has 0 aliphatic heterocycles. The summed E-state index contributed by atoms with van der Waals surface area (Å²) in [5.74, 6) is -6.40. The van der Waals surface area contributed by atoms with Gasteiger partial charge in [0.15, 0.2) is 5.96 Å². The fourth-order valence-electron chi connectivity index (χ4n) is 3.48. The van der Waals surface area contributed by atoms with Crippen LogP contribution in [0, 0.1) is 5.41 Å². The number of carbonyl (C=O) groups excluding carboxylic acids is 5. The molecule has 12 N–H and O–H groups in total. The van der Waals surface area contributed by atoms with Crippen LogP contribution < -0.4 is 42.8 Å². The van der Waals surface area contributed by atoms with E-state index in [0.29, 0.717) is 12.0 Å². The van der Waals surface area contributed by atoms with Gasteiger partial charge in [0.05, 0.1) is 13.0 Å². The molecule has 0 saturated carbocycles. The van der Waals surface area contributed by atoms with E-state index in [4.69, 9.17) is 16.9 Å². The fraction of sp³-hybridized carbons (Fsp3) is 0.417. The summed E-state index contributed by atoms with van der Waals surface area (Å²) in [5.41, 5.74) is 10.5. The van der Waals surface area contributed by atoms with Gasteiger partial charge in [0.25, 0.3) is 0 Å². The first-order valence-corrected chi connectivity index (χ1v) is 12.4. The van der Waals surface area contributed by atoms with Crippen molar-refractivity contribution < 1.29 is 48.5 Å². The van der Waals surface area contributed by atoms with Crippen molar-refractivity contribution in [3.05, 3.63) is 29.8 Å². The summed E-state index contributed by atoms with van der Waals surface area (Å²) >= 11 is 0. The predicted molar refractivity (Wildman–Crippen MR) is 144 cm³/mol. The molecule has 0 fully saturated rings. The molecule has 18 heteroatoms. The van der Waals surface area contributed by atoms with Crippen LogP contribution in [0.3, 0.4) is 0 Å². The molecule has 0 unspecified atom stereocenters. The topological polar surface area (TPSA) is 305 Å². The van der Waals surface area contributed by atoms with Gasteiger partial charge in [-0.15, -0.1) is 0 Å². The number of rotatable bonds is 17. The Hall–Kier alpha value is -5.42. The maximum Gasteiger partial charge on any atom is 0.409 e. The van der Waals surface area contributed by atoms with Crippen LogP contribution in [0.1, 0.15) is 31.7 Å². The molecule has 42 heavy (non-hydrogen) atoms. The molecule has 0 saturated heterocycles. The lowest BCUT2D eigenvalue weighted by Crippen LogP contribution is -2.55. The lowest BCUT2D eigenvalue weighted by Gasteiger charge is -2.21. The van der Waals surface area contributed by atoms with Crippen molar-refractivity contribution in [2.24, 2.45) is 11.5 Å². The van der Waals surface area contributed by atoms with Crippen LogP contribution in [0.4, 0.5) is 4.79 Å². The zero-order chi connectivity index (χ0) is 31.8. The molecular weight excluding hydrogens is 560 g/mol. The Kier molecular flexibility index (Phi) is 14.3. The first-order valence-electron chi connectivity index (χ1n) is 12.4. The number of carboxylic acids is 2. The number of carboxylic acid groups (broad SMARTS) is 2.